The van der Waals surface area contributed by atoms with Crippen molar-refractivity contribution in [2.24, 2.45) is 0 Å². The van der Waals surface area contributed by atoms with Gasteiger partial charge in [0.1, 0.15) is 0 Å². The Hall–Kier alpha value is -1.01. The average molecular weight is 706 g/mol. The van der Waals surface area contributed by atoms with Gasteiger partial charge in [0.15, 0.2) is 11.5 Å². The molecule has 11 heteroatoms. The highest BCUT2D eigenvalue weighted by atomic mass is 79.9. The smallest absolute Gasteiger partial charge is 0.237 e. The summed E-state index contributed by atoms with van der Waals surface area (Å²) >= 11 is 13.5. The van der Waals surface area contributed by atoms with Crippen molar-refractivity contribution in [1.29, 1.82) is 0 Å². The highest BCUT2D eigenvalue weighted by molar-refractivity contribution is 9.11. The molecule has 0 saturated heterocycles. The third-order valence-corrected chi connectivity index (χ3v) is 7.78. The van der Waals surface area contributed by atoms with Crippen molar-refractivity contribution in [1.82, 2.24) is 0 Å². The van der Waals surface area contributed by atoms with Crippen LogP contribution in [0.25, 0.3) is 0 Å². The minimum Gasteiger partial charge on any atom is -0.463 e. The van der Waals surface area contributed by atoms with Crippen molar-refractivity contribution in [3.8, 4) is 11.5 Å². The van der Waals surface area contributed by atoms with E-state index in [1.54, 1.807) is 13.8 Å². The highest BCUT2D eigenvalue weighted by Crippen LogP contribution is 2.41. The lowest BCUT2D eigenvalue weighted by Gasteiger charge is -2.18. The van der Waals surface area contributed by atoms with E-state index in [9.17, 15) is 8.42 Å². The molecule has 0 aromatic heterocycles. The van der Waals surface area contributed by atoms with Gasteiger partial charge in [-0.3, -0.25) is 0 Å². The molecule has 2 unspecified atom stereocenters. The number of benzene rings is 2. The first-order chi connectivity index (χ1) is 14.5. The lowest BCUT2D eigenvalue weighted by atomic mass is 10.3. The van der Waals surface area contributed by atoms with Crippen molar-refractivity contribution in [3.05, 3.63) is 67.8 Å². The highest BCUT2D eigenvalue weighted by Gasteiger charge is 2.25. The van der Waals surface area contributed by atoms with Crippen LogP contribution in [0.1, 0.15) is 13.8 Å². The van der Waals surface area contributed by atoms with Gasteiger partial charge in [0.05, 0.1) is 40.2 Å². The first-order valence-electron chi connectivity index (χ1n) is 8.60. The van der Waals surface area contributed by atoms with Crippen LogP contribution in [0.4, 0.5) is 0 Å². The van der Waals surface area contributed by atoms with Crippen LogP contribution in [0.3, 0.4) is 0 Å². The number of ether oxygens (including phenoxy) is 4. The van der Waals surface area contributed by atoms with Gasteiger partial charge in [0, 0.05) is 13.8 Å². The molecular formula is C20H18Br4O6S. The minimum absolute atomic E-state index is 0.0618. The van der Waals surface area contributed by atoms with Crippen LogP contribution in [0, 0.1) is 0 Å². The predicted molar refractivity (Wildman–Crippen MR) is 132 cm³/mol. The Morgan fingerprint density at radius 2 is 1.03 bits per heavy atom. The van der Waals surface area contributed by atoms with Crippen LogP contribution in [0.2, 0.25) is 0 Å². The summed E-state index contributed by atoms with van der Waals surface area (Å²) in [6, 6.07) is 5.84. The molecule has 0 aliphatic heterocycles. The molecule has 168 valence electrons. The van der Waals surface area contributed by atoms with Crippen LogP contribution < -0.4 is 9.47 Å². The largest absolute Gasteiger partial charge is 0.463 e. The topological polar surface area (TPSA) is 71.1 Å². The minimum atomic E-state index is -3.87. The van der Waals surface area contributed by atoms with Crippen LogP contribution in [-0.2, 0) is 19.3 Å². The van der Waals surface area contributed by atoms with Crippen LogP contribution in [-0.4, -0.2) is 21.0 Å². The fraction of sp³-hybridized carbons (Fsp3) is 0.200. The standard InChI is InChI=1S/C20H18Br4O6S/c1-5-27-11(3)29-19-15(21)7-13(8-16(19)22)31(25,26)14-9-17(23)20(18(24)10-14)30-12(4)28-6-2/h5-12H,1-2H2,3-4H3. The van der Waals surface area contributed by atoms with E-state index in [0.717, 1.165) is 0 Å². The predicted octanol–water partition coefficient (Wildman–Crippen LogP) is 7.34. The Morgan fingerprint density at radius 1 is 0.742 bits per heavy atom. The van der Waals surface area contributed by atoms with E-state index in [2.05, 4.69) is 76.9 Å². The Morgan fingerprint density at radius 3 is 1.29 bits per heavy atom. The van der Waals surface area contributed by atoms with Crippen LogP contribution >= 0.6 is 63.7 Å². The third-order valence-electron chi connectivity index (χ3n) is 3.71. The quantitative estimate of drug-likeness (QED) is 0.190. The summed E-state index contributed by atoms with van der Waals surface area (Å²) in [5.41, 5.74) is 0. The number of hydrogen-bond donors (Lipinski definition) is 0. The zero-order valence-corrected chi connectivity index (χ0v) is 23.6. The summed E-state index contributed by atoms with van der Waals surface area (Å²) in [5.74, 6) is 0.797. The van der Waals surface area contributed by atoms with E-state index < -0.39 is 22.4 Å². The second kappa shape index (κ2) is 11.2. The zero-order chi connectivity index (χ0) is 23.3. The molecule has 2 rings (SSSR count). The Balaban J connectivity index is 2.43. The molecule has 6 nitrogen and oxygen atoms in total. The van der Waals surface area contributed by atoms with Gasteiger partial charge in [0.2, 0.25) is 22.4 Å². The molecule has 0 spiro atoms. The molecule has 0 saturated carbocycles. The average Bonchev–Trinajstić information content (AvgIpc) is 2.67. The normalized spacial score (nSPS) is 13.1. The van der Waals surface area contributed by atoms with E-state index >= 15 is 0 Å². The Labute approximate surface area is 215 Å². The second-order valence-corrected chi connectivity index (χ2v) is 11.3. The molecule has 0 radical (unpaired) electrons. The molecule has 0 heterocycles. The summed E-state index contributed by atoms with van der Waals surface area (Å²) in [6.07, 6.45) is 1.30. The van der Waals surface area contributed by atoms with Gasteiger partial charge in [-0.1, -0.05) is 13.2 Å². The molecule has 2 atom stereocenters. The van der Waals surface area contributed by atoms with E-state index in [4.69, 9.17) is 18.9 Å². The van der Waals surface area contributed by atoms with E-state index in [0.29, 0.717) is 29.4 Å². The van der Waals surface area contributed by atoms with Gasteiger partial charge in [0.25, 0.3) is 0 Å². The summed E-state index contributed by atoms with van der Waals surface area (Å²) in [4.78, 5) is 0.124. The first kappa shape index (κ1) is 26.2. The maximum absolute atomic E-state index is 13.3. The number of hydrogen-bond acceptors (Lipinski definition) is 6. The van der Waals surface area contributed by atoms with E-state index in [1.807, 2.05) is 0 Å². The molecule has 0 fully saturated rings. The van der Waals surface area contributed by atoms with Gasteiger partial charge in [-0.05, 0) is 88.0 Å². The molecular weight excluding hydrogens is 688 g/mol. The Kier molecular flexibility index (Phi) is 9.50. The number of rotatable bonds is 10. The molecule has 0 bridgehead atoms. The monoisotopic (exact) mass is 702 g/mol. The molecule has 0 aliphatic carbocycles. The lowest BCUT2D eigenvalue weighted by molar-refractivity contribution is -0.0146. The zero-order valence-electron chi connectivity index (χ0n) is 16.4. The molecule has 0 amide bonds. The molecule has 2 aromatic carbocycles. The van der Waals surface area contributed by atoms with Gasteiger partial charge in [-0.25, -0.2) is 8.42 Å². The molecule has 0 N–H and O–H groups in total. The van der Waals surface area contributed by atoms with Crippen molar-refractivity contribution < 1.29 is 27.4 Å². The first-order valence-corrected chi connectivity index (χ1v) is 13.3. The molecule has 0 aliphatic rings. The molecule has 31 heavy (non-hydrogen) atoms. The van der Waals surface area contributed by atoms with Crippen molar-refractivity contribution in [3.63, 3.8) is 0 Å². The fourth-order valence-corrected chi connectivity index (χ4v) is 7.12. The maximum Gasteiger partial charge on any atom is 0.237 e. The van der Waals surface area contributed by atoms with Gasteiger partial charge < -0.3 is 18.9 Å². The lowest BCUT2D eigenvalue weighted by Crippen LogP contribution is -2.14. The van der Waals surface area contributed by atoms with Gasteiger partial charge in [-0.2, -0.15) is 0 Å². The third kappa shape index (κ3) is 6.50. The van der Waals surface area contributed by atoms with Gasteiger partial charge >= 0.3 is 0 Å². The summed E-state index contributed by atoms with van der Waals surface area (Å²) in [5, 5.41) is 0. The van der Waals surface area contributed by atoms with Crippen LogP contribution in [0.15, 0.2) is 77.6 Å². The SMILES string of the molecule is C=COC(C)Oc1c(Br)cc(S(=O)(=O)c2cc(Br)c(OC(C)OC=C)c(Br)c2)cc1Br. The number of sulfone groups is 1. The van der Waals surface area contributed by atoms with Crippen molar-refractivity contribution >= 4 is 73.6 Å². The van der Waals surface area contributed by atoms with Crippen LogP contribution in [0.5, 0.6) is 11.5 Å². The maximum atomic E-state index is 13.3. The second-order valence-electron chi connectivity index (χ2n) is 5.91. The fourth-order valence-electron chi connectivity index (χ4n) is 2.40. The summed E-state index contributed by atoms with van der Waals surface area (Å²) < 4.78 is 49.9. The van der Waals surface area contributed by atoms with Crippen molar-refractivity contribution in [2.45, 2.75) is 36.2 Å². The summed E-state index contributed by atoms with van der Waals surface area (Å²) in [7, 11) is -3.87. The van der Waals surface area contributed by atoms with Gasteiger partial charge in [-0.15, -0.1) is 0 Å². The molecule has 2 aromatic rings. The van der Waals surface area contributed by atoms with E-state index in [-0.39, 0.29) is 9.79 Å². The van der Waals surface area contributed by atoms with E-state index in [1.165, 1.54) is 36.8 Å². The summed E-state index contributed by atoms with van der Waals surface area (Å²) in [6.45, 7) is 10.3. The number of halogens is 4. The van der Waals surface area contributed by atoms with Crippen molar-refractivity contribution in [2.75, 3.05) is 0 Å². The Bertz CT molecular complexity index is 962.